The van der Waals surface area contributed by atoms with Crippen LogP contribution in [0.25, 0.3) is 0 Å². The van der Waals surface area contributed by atoms with E-state index in [4.69, 9.17) is 4.74 Å². The lowest BCUT2D eigenvalue weighted by atomic mass is 10.2. The van der Waals surface area contributed by atoms with Gasteiger partial charge in [-0.3, -0.25) is 14.7 Å². The molecule has 21 heavy (non-hydrogen) atoms. The van der Waals surface area contributed by atoms with Gasteiger partial charge in [-0.05, 0) is 12.1 Å². The first kappa shape index (κ1) is 14.4. The molecule has 2 rings (SSSR count). The Kier molecular flexibility index (Phi) is 4.39. The van der Waals surface area contributed by atoms with E-state index in [1.165, 1.54) is 19.4 Å². The predicted octanol–water partition coefficient (Wildman–Crippen LogP) is 0.110. The number of phenolic OH excluding ortho intramolecular Hbond substituents is 1. The lowest BCUT2D eigenvalue weighted by Gasteiger charge is -2.04. The van der Waals surface area contributed by atoms with Gasteiger partial charge in [0.15, 0.2) is 11.5 Å². The Morgan fingerprint density at radius 3 is 2.95 bits per heavy atom. The molecule has 8 nitrogen and oxygen atoms in total. The van der Waals surface area contributed by atoms with E-state index in [0.29, 0.717) is 17.0 Å². The molecular formula is C13H14N4O4. The maximum absolute atomic E-state index is 11.6. The maximum atomic E-state index is 11.6. The fourth-order valence-electron chi connectivity index (χ4n) is 1.66. The first-order valence-electron chi connectivity index (χ1n) is 6.04. The summed E-state index contributed by atoms with van der Waals surface area (Å²) in [6.07, 6.45) is 1.29. The molecule has 0 aliphatic rings. The number of hydrogen-bond acceptors (Lipinski definition) is 5. The van der Waals surface area contributed by atoms with Crippen molar-refractivity contribution in [1.82, 2.24) is 15.6 Å². The smallest absolute Gasteiger partial charge is 0.264 e. The molecule has 1 aromatic heterocycles. The zero-order valence-corrected chi connectivity index (χ0v) is 11.2. The van der Waals surface area contributed by atoms with Gasteiger partial charge in [0.05, 0.1) is 19.7 Å². The number of nitrogens with one attached hydrogen (secondary N) is 3. The number of H-pyrrole nitrogens is 2. The molecule has 0 spiro atoms. The summed E-state index contributed by atoms with van der Waals surface area (Å²) < 4.78 is 4.96. The number of phenols is 1. The molecule has 0 unspecified atom stereocenters. The standard InChI is InChI=1S/C13H14N4O4/c1-21-10-4-2-3-8(13(10)20)7-14-16-11(18)5-9-6-12(19)17-15-9/h2-4,6-7,20H,5H2,1H3,(H,16,18)(H2,15,17,19)/b14-7+. The first-order valence-corrected chi connectivity index (χ1v) is 6.04. The van der Waals surface area contributed by atoms with E-state index in [9.17, 15) is 14.7 Å². The van der Waals surface area contributed by atoms with E-state index in [2.05, 4.69) is 20.7 Å². The average molecular weight is 290 g/mol. The molecule has 0 atom stereocenters. The number of para-hydroxylation sites is 1. The van der Waals surface area contributed by atoms with Crippen molar-refractivity contribution in [2.24, 2.45) is 5.10 Å². The number of hydrazone groups is 1. The predicted molar refractivity (Wildman–Crippen MR) is 75.5 cm³/mol. The van der Waals surface area contributed by atoms with Gasteiger partial charge in [-0.15, -0.1) is 0 Å². The lowest BCUT2D eigenvalue weighted by molar-refractivity contribution is -0.120. The minimum Gasteiger partial charge on any atom is -0.504 e. The summed E-state index contributed by atoms with van der Waals surface area (Å²) in [7, 11) is 1.44. The van der Waals surface area contributed by atoms with E-state index < -0.39 is 5.91 Å². The molecule has 0 aliphatic heterocycles. The van der Waals surface area contributed by atoms with Gasteiger partial charge in [-0.2, -0.15) is 5.10 Å². The summed E-state index contributed by atoms with van der Waals surface area (Å²) in [4.78, 5) is 22.5. The summed E-state index contributed by atoms with van der Waals surface area (Å²) in [5, 5.41) is 18.4. The molecule has 1 aromatic carbocycles. The summed E-state index contributed by atoms with van der Waals surface area (Å²) in [6, 6.07) is 6.20. The number of carbonyl (C=O) groups is 1. The SMILES string of the molecule is COc1cccc(/C=N/NC(=O)Cc2cc(=O)[nH][nH]2)c1O. The fraction of sp³-hybridized carbons (Fsp3) is 0.154. The second-order valence-corrected chi connectivity index (χ2v) is 4.15. The minimum absolute atomic E-state index is 0.0137. The molecule has 0 aliphatic carbocycles. The van der Waals surface area contributed by atoms with Crippen LogP contribution < -0.4 is 15.7 Å². The number of benzene rings is 1. The van der Waals surface area contributed by atoms with Gasteiger partial charge in [0.1, 0.15) is 0 Å². The van der Waals surface area contributed by atoms with E-state index in [-0.39, 0.29) is 17.7 Å². The van der Waals surface area contributed by atoms with Crippen LogP contribution in [0.4, 0.5) is 0 Å². The molecule has 8 heteroatoms. The fourth-order valence-corrected chi connectivity index (χ4v) is 1.66. The van der Waals surface area contributed by atoms with Gasteiger partial charge >= 0.3 is 0 Å². The monoisotopic (exact) mass is 290 g/mol. The molecule has 4 N–H and O–H groups in total. The van der Waals surface area contributed by atoms with E-state index >= 15 is 0 Å². The summed E-state index contributed by atoms with van der Waals surface area (Å²) in [6.45, 7) is 0. The maximum Gasteiger partial charge on any atom is 0.264 e. The van der Waals surface area contributed by atoms with Crippen LogP contribution in [-0.2, 0) is 11.2 Å². The Hall–Kier alpha value is -3.03. The van der Waals surface area contributed by atoms with Crippen LogP contribution in [0.3, 0.4) is 0 Å². The molecular weight excluding hydrogens is 276 g/mol. The van der Waals surface area contributed by atoms with Crippen LogP contribution in [-0.4, -0.2) is 34.5 Å². The van der Waals surface area contributed by atoms with Crippen molar-refractivity contribution in [3.63, 3.8) is 0 Å². The Balaban J connectivity index is 1.96. The number of aromatic hydroxyl groups is 1. The highest BCUT2D eigenvalue weighted by molar-refractivity contribution is 5.86. The van der Waals surface area contributed by atoms with Crippen molar-refractivity contribution in [2.75, 3.05) is 7.11 Å². The third-order valence-electron chi connectivity index (χ3n) is 2.65. The second kappa shape index (κ2) is 6.42. The van der Waals surface area contributed by atoms with Crippen molar-refractivity contribution in [1.29, 1.82) is 0 Å². The summed E-state index contributed by atoms with van der Waals surface area (Å²) in [5.41, 5.74) is 2.86. The van der Waals surface area contributed by atoms with Crippen molar-refractivity contribution in [2.45, 2.75) is 6.42 Å². The molecule has 0 fully saturated rings. The molecule has 2 aromatic rings. The number of methoxy groups -OCH3 is 1. The van der Waals surface area contributed by atoms with E-state index in [1.807, 2.05) is 0 Å². The van der Waals surface area contributed by atoms with Crippen LogP contribution in [0, 0.1) is 0 Å². The van der Waals surface area contributed by atoms with Crippen molar-refractivity contribution in [3.8, 4) is 11.5 Å². The third-order valence-corrected chi connectivity index (χ3v) is 2.65. The second-order valence-electron chi connectivity index (χ2n) is 4.15. The van der Waals surface area contributed by atoms with Gasteiger partial charge in [-0.1, -0.05) is 6.07 Å². The Bertz CT molecular complexity index is 717. The van der Waals surface area contributed by atoms with Crippen molar-refractivity contribution < 1.29 is 14.6 Å². The normalized spacial score (nSPS) is 10.7. The number of carbonyl (C=O) groups excluding carboxylic acids is 1. The first-order chi connectivity index (χ1) is 10.1. The number of hydrogen-bond donors (Lipinski definition) is 4. The number of amides is 1. The third kappa shape index (κ3) is 3.72. The quantitative estimate of drug-likeness (QED) is 0.461. The Morgan fingerprint density at radius 2 is 2.29 bits per heavy atom. The highest BCUT2D eigenvalue weighted by Gasteiger charge is 2.06. The van der Waals surface area contributed by atoms with E-state index in [0.717, 1.165) is 0 Å². The molecule has 110 valence electrons. The molecule has 0 saturated heterocycles. The number of aromatic amines is 2. The minimum atomic E-state index is -0.399. The zero-order valence-electron chi connectivity index (χ0n) is 11.2. The van der Waals surface area contributed by atoms with Crippen LogP contribution in [0.15, 0.2) is 34.2 Å². The van der Waals surface area contributed by atoms with Crippen LogP contribution in [0.2, 0.25) is 0 Å². The summed E-state index contributed by atoms with van der Waals surface area (Å²) >= 11 is 0. The molecule has 0 radical (unpaired) electrons. The number of nitrogens with zero attached hydrogens (tertiary/aromatic N) is 1. The van der Waals surface area contributed by atoms with E-state index in [1.54, 1.807) is 18.2 Å². The topological polar surface area (TPSA) is 120 Å². The van der Waals surface area contributed by atoms with Crippen molar-refractivity contribution in [3.05, 3.63) is 45.9 Å². The van der Waals surface area contributed by atoms with Gasteiger partial charge in [0.25, 0.3) is 5.56 Å². The highest BCUT2D eigenvalue weighted by Crippen LogP contribution is 2.27. The average Bonchev–Trinajstić information content (AvgIpc) is 2.86. The Labute approximate surface area is 119 Å². The number of aromatic nitrogens is 2. The zero-order chi connectivity index (χ0) is 15.2. The highest BCUT2D eigenvalue weighted by atomic mass is 16.5. The van der Waals surface area contributed by atoms with Crippen molar-refractivity contribution >= 4 is 12.1 Å². The number of rotatable bonds is 5. The molecule has 0 saturated carbocycles. The van der Waals surface area contributed by atoms with Gasteiger partial charge in [0.2, 0.25) is 5.91 Å². The summed E-state index contributed by atoms with van der Waals surface area (Å²) in [5.74, 6) is -0.146. The van der Waals surface area contributed by atoms with Crippen LogP contribution in [0.1, 0.15) is 11.3 Å². The molecule has 1 heterocycles. The number of ether oxygens (including phenoxy) is 1. The molecule has 1 amide bonds. The van der Waals surface area contributed by atoms with Crippen LogP contribution >= 0.6 is 0 Å². The van der Waals surface area contributed by atoms with Gasteiger partial charge in [0, 0.05) is 17.3 Å². The largest absolute Gasteiger partial charge is 0.504 e. The van der Waals surface area contributed by atoms with Crippen LogP contribution in [0.5, 0.6) is 11.5 Å². The lowest BCUT2D eigenvalue weighted by Crippen LogP contribution is -2.20. The molecule has 0 bridgehead atoms. The Morgan fingerprint density at radius 1 is 1.48 bits per heavy atom. The van der Waals surface area contributed by atoms with Gasteiger partial charge in [-0.25, -0.2) is 5.43 Å². The van der Waals surface area contributed by atoms with Gasteiger partial charge < -0.3 is 14.9 Å².